The highest BCUT2D eigenvalue weighted by atomic mass is 16.4. The molecule has 3 rings (SSSR count). The molecule has 1 N–H and O–H groups in total. The summed E-state index contributed by atoms with van der Waals surface area (Å²) in [6.07, 6.45) is 3.66. The molecule has 0 saturated carbocycles. The van der Waals surface area contributed by atoms with E-state index < -0.39 is 12.0 Å². The van der Waals surface area contributed by atoms with Crippen molar-refractivity contribution in [3.05, 3.63) is 66.2 Å². The van der Waals surface area contributed by atoms with Gasteiger partial charge in [0.15, 0.2) is 11.6 Å². The number of furan rings is 1. The quantitative estimate of drug-likeness (QED) is 0.784. The van der Waals surface area contributed by atoms with Crippen molar-refractivity contribution < 1.29 is 14.3 Å². The van der Waals surface area contributed by atoms with Crippen molar-refractivity contribution >= 4 is 5.97 Å². The molecule has 0 bridgehead atoms. The van der Waals surface area contributed by atoms with Crippen LogP contribution in [0, 0.1) is 6.92 Å². The van der Waals surface area contributed by atoms with E-state index in [1.165, 1.54) is 0 Å². The summed E-state index contributed by atoms with van der Waals surface area (Å²) >= 11 is 0. The molecule has 0 aliphatic carbocycles. The molecule has 0 unspecified atom stereocenters. The Balaban J connectivity index is 1.96. The smallest absolute Gasteiger partial charge is 0.327 e. The summed E-state index contributed by atoms with van der Waals surface area (Å²) in [5.41, 5.74) is 0.963. The van der Waals surface area contributed by atoms with E-state index in [0.29, 0.717) is 18.0 Å². The van der Waals surface area contributed by atoms with Gasteiger partial charge in [-0.1, -0.05) is 30.3 Å². The van der Waals surface area contributed by atoms with E-state index in [4.69, 9.17) is 4.42 Å². The largest absolute Gasteiger partial charge is 0.480 e. The Hall–Kier alpha value is -2.82. The van der Waals surface area contributed by atoms with Crippen LogP contribution >= 0.6 is 0 Å². The maximum atomic E-state index is 11.7. The maximum Gasteiger partial charge on any atom is 0.327 e. The first-order valence-corrected chi connectivity index (χ1v) is 7.01. The predicted octanol–water partition coefficient (Wildman–Crippen LogP) is 3.32. The minimum Gasteiger partial charge on any atom is -0.480 e. The highest BCUT2D eigenvalue weighted by molar-refractivity contribution is 5.73. The van der Waals surface area contributed by atoms with Gasteiger partial charge in [-0.2, -0.15) is 0 Å². The standard InChI is InChI=1S/C17H16N2O3/c1-12-7-8-15(22-12)16-18-9-10-19(16)14(17(20)21)11-13-5-3-2-4-6-13/h2-10,14H,11H2,1H3,(H,20,21)/t14-/m0/s1. The number of aryl methyl sites for hydroxylation is 1. The average Bonchev–Trinajstić information content (AvgIpc) is 3.14. The van der Waals surface area contributed by atoms with Crippen LogP contribution in [0.3, 0.4) is 0 Å². The number of carboxylic acids is 1. The molecule has 3 aromatic rings. The van der Waals surface area contributed by atoms with Crippen molar-refractivity contribution in [2.24, 2.45) is 0 Å². The lowest BCUT2D eigenvalue weighted by Gasteiger charge is -2.16. The monoisotopic (exact) mass is 296 g/mol. The van der Waals surface area contributed by atoms with Crippen molar-refractivity contribution in [3.63, 3.8) is 0 Å². The Morgan fingerprint density at radius 2 is 2.05 bits per heavy atom. The molecule has 1 atom stereocenters. The van der Waals surface area contributed by atoms with E-state index in [2.05, 4.69) is 4.98 Å². The van der Waals surface area contributed by atoms with Crippen LogP contribution in [-0.4, -0.2) is 20.6 Å². The van der Waals surface area contributed by atoms with Crippen LogP contribution < -0.4 is 0 Å². The lowest BCUT2D eigenvalue weighted by Crippen LogP contribution is -2.21. The molecule has 112 valence electrons. The first kappa shape index (κ1) is 14.1. The Morgan fingerprint density at radius 3 is 2.68 bits per heavy atom. The Labute approximate surface area is 127 Å². The summed E-state index contributed by atoms with van der Waals surface area (Å²) in [6, 6.07) is 12.5. The molecular weight excluding hydrogens is 280 g/mol. The molecule has 1 aromatic carbocycles. The summed E-state index contributed by atoms with van der Waals surface area (Å²) in [5.74, 6) is 0.962. The Bertz CT molecular complexity index is 774. The normalized spacial score (nSPS) is 12.2. The molecule has 0 fully saturated rings. The fraction of sp³-hybridized carbons (Fsp3) is 0.176. The van der Waals surface area contributed by atoms with Crippen molar-refractivity contribution in [3.8, 4) is 11.6 Å². The van der Waals surface area contributed by atoms with E-state index in [-0.39, 0.29) is 0 Å². The zero-order chi connectivity index (χ0) is 15.5. The number of carboxylic acid groups (broad SMARTS) is 1. The number of aliphatic carboxylic acids is 1. The SMILES string of the molecule is Cc1ccc(-c2nccn2[C@@H](Cc2ccccc2)C(=O)O)o1. The van der Waals surface area contributed by atoms with Crippen LogP contribution in [0.25, 0.3) is 11.6 Å². The highest BCUT2D eigenvalue weighted by Gasteiger charge is 2.24. The summed E-state index contributed by atoms with van der Waals surface area (Å²) in [4.78, 5) is 16.0. The average molecular weight is 296 g/mol. The minimum absolute atomic E-state index is 0.388. The molecule has 5 nitrogen and oxygen atoms in total. The van der Waals surface area contributed by atoms with E-state index in [0.717, 1.165) is 11.3 Å². The number of aromatic nitrogens is 2. The van der Waals surface area contributed by atoms with Gasteiger partial charge in [-0.05, 0) is 24.6 Å². The summed E-state index contributed by atoms with van der Waals surface area (Å²) in [6.45, 7) is 1.84. The topological polar surface area (TPSA) is 68.3 Å². The Kier molecular flexibility index (Phi) is 3.78. The van der Waals surface area contributed by atoms with Gasteiger partial charge < -0.3 is 14.1 Å². The second-order valence-electron chi connectivity index (χ2n) is 5.11. The van der Waals surface area contributed by atoms with Gasteiger partial charge in [-0.3, -0.25) is 0 Å². The maximum absolute atomic E-state index is 11.7. The van der Waals surface area contributed by atoms with Gasteiger partial charge in [0.05, 0.1) is 0 Å². The van der Waals surface area contributed by atoms with Crippen LogP contribution in [-0.2, 0) is 11.2 Å². The molecule has 5 heteroatoms. The van der Waals surface area contributed by atoms with Crippen molar-refractivity contribution in [2.75, 3.05) is 0 Å². The number of hydrogen-bond donors (Lipinski definition) is 1. The molecule has 0 saturated heterocycles. The first-order chi connectivity index (χ1) is 10.6. The molecule has 2 heterocycles. The number of hydrogen-bond acceptors (Lipinski definition) is 3. The van der Waals surface area contributed by atoms with E-state index >= 15 is 0 Å². The number of imidazole rings is 1. The van der Waals surface area contributed by atoms with Gasteiger partial charge in [-0.25, -0.2) is 9.78 Å². The molecule has 0 aliphatic rings. The van der Waals surface area contributed by atoms with Crippen LogP contribution in [0.4, 0.5) is 0 Å². The van der Waals surface area contributed by atoms with Gasteiger partial charge in [0.2, 0.25) is 0 Å². The van der Waals surface area contributed by atoms with E-state index in [1.54, 1.807) is 23.0 Å². The molecule has 22 heavy (non-hydrogen) atoms. The van der Waals surface area contributed by atoms with Crippen molar-refractivity contribution in [2.45, 2.75) is 19.4 Å². The molecule has 0 aliphatic heterocycles. The lowest BCUT2D eigenvalue weighted by atomic mass is 10.1. The fourth-order valence-electron chi connectivity index (χ4n) is 2.45. The zero-order valence-electron chi connectivity index (χ0n) is 12.1. The van der Waals surface area contributed by atoms with Crippen molar-refractivity contribution in [1.82, 2.24) is 9.55 Å². The fourth-order valence-corrected chi connectivity index (χ4v) is 2.45. The third-order valence-electron chi connectivity index (χ3n) is 3.52. The third kappa shape index (κ3) is 2.79. The highest BCUT2D eigenvalue weighted by Crippen LogP contribution is 2.25. The summed E-state index contributed by atoms with van der Waals surface area (Å²) < 4.78 is 7.22. The number of carbonyl (C=O) groups is 1. The number of benzene rings is 1. The minimum atomic E-state index is -0.897. The third-order valence-corrected chi connectivity index (χ3v) is 3.52. The second-order valence-corrected chi connectivity index (χ2v) is 5.11. The molecule has 0 amide bonds. The molecular formula is C17H16N2O3. The molecule has 2 aromatic heterocycles. The molecule has 0 radical (unpaired) electrons. The van der Waals surface area contributed by atoms with Crippen LogP contribution in [0.1, 0.15) is 17.4 Å². The Morgan fingerprint density at radius 1 is 1.27 bits per heavy atom. The van der Waals surface area contributed by atoms with Gasteiger partial charge in [-0.15, -0.1) is 0 Å². The van der Waals surface area contributed by atoms with Crippen LogP contribution in [0.15, 0.2) is 59.3 Å². The lowest BCUT2D eigenvalue weighted by molar-refractivity contribution is -0.140. The van der Waals surface area contributed by atoms with Crippen LogP contribution in [0.5, 0.6) is 0 Å². The first-order valence-electron chi connectivity index (χ1n) is 7.01. The van der Waals surface area contributed by atoms with Crippen molar-refractivity contribution in [1.29, 1.82) is 0 Å². The van der Waals surface area contributed by atoms with E-state index in [1.807, 2.05) is 43.3 Å². The predicted molar refractivity (Wildman–Crippen MR) is 81.5 cm³/mol. The second kappa shape index (κ2) is 5.89. The van der Waals surface area contributed by atoms with Gasteiger partial charge in [0.25, 0.3) is 0 Å². The number of rotatable bonds is 5. The van der Waals surface area contributed by atoms with Gasteiger partial charge in [0, 0.05) is 18.8 Å². The van der Waals surface area contributed by atoms with Gasteiger partial charge >= 0.3 is 5.97 Å². The molecule has 0 spiro atoms. The van der Waals surface area contributed by atoms with Gasteiger partial charge in [0.1, 0.15) is 11.8 Å². The summed E-state index contributed by atoms with van der Waals surface area (Å²) in [7, 11) is 0. The van der Waals surface area contributed by atoms with E-state index in [9.17, 15) is 9.90 Å². The van der Waals surface area contributed by atoms with Crippen LogP contribution in [0.2, 0.25) is 0 Å². The zero-order valence-corrected chi connectivity index (χ0v) is 12.1. The number of nitrogens with zero attached hydrogens (tertiary/aromatic N) is 2. The summed E-state index contributed by atoms with van der Waals surface area (Å²) in [5, 5.41) is 9.60.